The summed E-state index contributed by atoms with van der Waals surface area (Å²) in [5, 5.41) is 22.3. The number of carbonyl (C=O) groups excluding carboxylic acids is 1. The van der Waals surface area contributed by atoms with Crippen molar-refractivity contribution in [2.24, 2.45) is 5.92 Å². The third kappa shape index (κ3) is 10.5. The molecule has 1 aromatic heterocycles. The van der Waals surface area contributed by atoms with Crippen molar-refractivity contribution in [2.75, 3.05) is 34.8 Å². The molecule has 46 heavy (non-hydrogen) atoms. The van der Waals surface area contributed by atoms with Gasteiger partial charge in [0.15, 0.2) is 0 Å². The summed E-state index contributed by atoms with van der Waals surface area (Å²) in [7, 11) is 0. The number of rotatable bonds is 16. The van der Waals surface area contributed by atoms with E-state index < -0.39 is 5.97 Å². The first-order valence-corrected chi connectivity index (χ1v) is 16.9. The molecular formula is C35H41N7O3S. The van der Waals surface area contributed by atoms with Gasteiger partial charge in [-0.2, -0.15) is 26.7 Å². The second-order valence-corrected chi connectivity index (χ2v) is 12.5. The standard InChI is InChI=1S/C35H41N7O3S/c43-31(38-23-26-11-13-29(14-12-26)32(44)45)28-15-17-30(18-16-28)39-35-41-33(36-20-19-25-7-3-1-4-8-25)40-34(42-35)37-21-22-46-24-27-9-5-2-6-10-27/h1-14,28,30H,15-24H2,(H,38,43)(H,44,45)(H3,36,37,39,40,41,42). The Labute approximate surface area is 274 Å². The second-order valence-electron chi connectivity index (χ2n) is 11.3. The molecule has 10 nitrogen and oxygen atoms in total. The Balaban J connectivity index is 1.11. The summed E-state index contributed by atoms with van der Waals surface area (Å²) in [6.07, 6.45) is 4.03. The average Bonchev–Trinajstić information content (AvgIpc) is 3.08. The topological polar surface area (TPSA) is 141 Å². The summed E-state index contributed by atoms with van der Waals surface area (Å²) in [5.74, 6) is 2.46. The first kappa shape index (κ1) is 32.7. The second kappa shape index (κ2) is 17.2. The maximum atomic E-state index is 12.9. The fourth-order valence-corrected chi connectivity index (χ4v) is 6.16. The number of nitrogens with one attached hydrogen (secondary N) is 4. The summed E-state index contributed by atoms with van der Waals surface area (Å²) in [6.45, 7) is 1.81. The van der Waals surface area contributed by atoms with Crippen LogP contribution in [0.25, 0.3) is 0 Å². The number of nitrogens with zero attached hydrogens (tertiary/aromatic N) is 3. The van der Waals surface area contributed by atoms with Crippen molar-refractivity contribution < 1.29 is 14.7 Å². The minimum Gasteiger partial charge on any atom is -0.478 e. The predicted molar refractivity (Wildman–Crippen MR) is 184 cm³/mol. The summed E-state index contributed by atoms with van der Waals surface area (Å²) in [5.41, 5.74) is 3.66. The zero-order valence-electron chi connectivity index (χ0n) is 25.8. The molecule has 1 fully saturated rings. The SMILES string of the molecule is O=C(O)c1ccc(CNC(=O)C2CCC(Nc3nc(NCCSCc4ccccc4)nc(NCCc4ccccc4)n3)CC2)cc1. The number of benzene rings is 3. The highest BCUT2D eigenvalue weighted by Crippen LogP contribution is 2.27. The molecule has 4 aromatic rings. The van der Waals surface area contributed by atoms with Gasteiger partial charge in [0, 0.05) is 43.1 Å². The molecule has 0 aliphatic heterocycles. The van der Waals surface area contributed by atoms with Crippen molar-refractivity contribution in [1.29, 1.82) is 0 Å². The van der Waals surface area contributed by atoms with Crippen LogP contribution < -0.4 is 21.3 Å². The monoisotopic (exact) mass is 639 g/mol. The molecule has 1 amide bonds. The fraction of sp³-hybridized carbons (Fsp3) is 0.343. The molecule has 0 atom stereocenters. The lowest BCUT2D eigenvalue weighted by Gasteiger charge is -2.28. The van der Waals surface area contributed by atoms with E-state index in [-0.39, 0.29) is 23.4 Å². The Morgan fingerprint density at radius 1 is 0.717 bits per heavy atom. The van der Waals surface area contributed by atoms with E-state index in [0.717, 1.165) is 55.7 Å². The number of anilines is 3. The molecule has 0 unspecified atom stereocenters. The van der Waals surface area contributed by atoms with Crippen LogP contribution in [0.15, 0.2) is 84.9 Å². The lowest BCUT2D eigenvalue weighted by atomic mass is 9.85. The molecule has 0 saturated heterocycles. The van der Waals surface area contributed by atoms with Crippen LogP contribution in [0.5, 0.6) is 0 Å². The van der Waals surface area contributed by atoms with Crippen LogP contribution in [-0.4, -0.2) is 56.8 Å². The van der Waals surface area contributed by atoms with Crippen molar-refractivity contribution in [3.05, 3.63) is 107 Å². The molecule has 240 valence electrons. The van der Waals surface area contributed by atoms with Crippen molar-refractivity contribution in [1.82, 2.24) is 20.3 Å². The zero-order valence-corrected chi connectivity index (χ0v) is 26.6. The van der Waals surface area contributed by atoms with Gasteiger partial charge < -0.3 is 26.4 Å². The Kier molecular flexibility index (Phi) is 12.2. The Hall–Kier alpha value is -4.64. The lowest BCUT2D eigenvalue weighted by Crippen LogP contribution is -2.36. The van der Waals surface area contributed by atoms with E-state index in [9.17, 15) is 9.59 Å². The number of carbonyl (C=O) groups is 2. The van der Waals surface area contributed by atoms with Crippen LogP contribution in [0.4, 0.5) is 17.8 Å². The molecule has 5 rings (SSSR count). The Bertz CT molecular complexity index is 1530. The molecular weight excluding hydrogens is 598 g/mol. The van der Waals surface area contributed by atoms with Crippen molar-refractivity contribution in [3.63, 3.8) is 0 Å². The van der Waals surface area contributed by atoms with Gasteiger partial charge in [-0.05, 0) is 60.9 Å². The Morgan fingerprint density at radius 2 is 1.33 bits per heavy atom. The van der Waals surface area contributed by atoms with Gasteiger partial charge in [-0.15, -0.1) is 0 Å². The van der Waals surface area contributed by atoms with Crippen LogP contribution in [0.2, 0.25) is 0 Å². The molecule has 0 radical (unpaired) electrons. The van der Waals surface area contributed by atoms with Gasteiger partial charge in [0.25, 0.3) is 0 Å². The van der Waals surface area contributed by atoms with Crippen LogP contribution in [0.3, 0.4) is 0 Å². The van der Waals surface area contributed by atoms with Gasteiger partial charge in [-0.1, -0.05) is 72.8 Å². The number of aromatic nitrogens is 3. The largest absolute Gasteiger partial charge is 0.478 e. The van der Waals surface area contributed by atoms with Crippen LogP contribution >= 0.6 is 11.8 Å². The fourth-order valence-electron chi connectivity index (χ4n) is 5.34. The number of hydrogen-bond acceptors (Lipinski definition) is 9. The summed E-state index contributed by atoms with van der Waals surface area (Å²) < 4.78 is 0. The number of thioether (sulfide) groups is 1. The molecule has 1 aliphatic rings. The average molecular weight is 640 g/mol. The maximum Gasteiger partial charge on any atom is 0.335 e. The highest BCUT2D eigenvalue weighted by molar-refractivity contribution is 7.98. The molecule has 1 heterocycles. The first-order valence-electron chi connectivity index (χ1n) is 15.8. The quantitative estimate of drug-likeness (QED) is 0.0948. The van der Waals surface area contributed by atoms with Crippen LogP contribution in [-0.2, 0) is 23.5 Å². The van der Waals surface area contributed by atoms with Gasteiger partial charge in [-0.25, -0.2) is 4.79 Å². The van der Waals surface area contributed by atoms with E-state index in [1.165, 1.54) is 11.1 Å². The van der Waals surface area contributed by atoms with Crippen molar-refractivity contribution >= 4 is 41.5 Å². The van der Waals surface area contributed by atoms with E-state index in [1.807, 2.05) is 36.0 Å². The molecule has 11 heteroatoms. The predicted octanol–water partition coefficient (Wildman–Crippen LogP) is 5.86. The van der Waals surface area contributed by atoms with Crippen molar-refractivity contribution in [2.45, 2.75) is 50.4 Å². The highest BCUT2D eigenvalue weighted by atomic mass is 32.2. The summed E-state index contributed by atoms with van der Waals surface area (Å²) in [6, 6.07) is 27.5. The smallest absolute Gasteiger partial charge is 0.335 e. The molecule has 3 aromatic carbocycles. The van der Waals surface area contributed by atoms with Gasteiger partial charge in [0.05, 0.1) is 5.56 Å². The van der Waals surface area contributed by atoms with Crippen molar-refractivity contribution in [3.8, 4) is 0 Å². The van der Waals surface area contributed by atoms with E-state index in [0.29, 0.717) is 30.9 Å². The van der Waals surface area contributed by atoms with Gasteiger partial charge >= 0.3 is 5.97 Å². The molecule has 5 N–H and O–H groups in total. The number of aromatic carboxylic acids is 1. The van der Waals surface area contributed by atoms with Gasteiger partial charge in [-0.3, -0.25) is 4.79 Å². The van der Waals surface area contributed by atoms with Crippen LogP contribution in [0, 0.1) is 5.92 Å². The van der Waals surface area contributed by atoms with Gasteiger partial charge in [0.2, 0.25) is 23.8 Å². The summed E-state index contributed by atoms with van der Waals surface area (Å²) in [4.78, 5) is 37.9. The summed E-state index contributed by atoms with van der Waals surface area (Å²) >= 11 is 1.86. The molecule has 1 aliphatic carbocycles. The normalized spacial score (nSPS) is 15.9. The number of hydrogen-bond donors (Lipinski definition) is 5. The molecule has 0 spiro atoms. The number of amides is 1. The minimum atomic E-state index is -0.963. The first-order chi connectivity index (χ1) is 22.5. The van der Waals surface area contributed by atoms with E-state index in [1.54, 1.807) is 24.3 Å². The highest BCUT2D eigenvalue weighted by Gasteiger charge is 2.27. The number of carboxylic acids is 1. The van der Waals surface area contributed by atoms with Gasteiger partial charge in [0.1, 0.15) is 0 Å². The number of carboxylic acid groups (broad SMARTS) is 1. The van der Waals surface area contributed by atoms with Crippen LogP contribution in [0.1, 0.15) is 52.7 Å². The third-order valence-corrected chi connectivity index (χ3v) is 8.95. The van der Waals surface area contributed by atoms with E-state index in [4.69, 9.17) is 5.11 Å². The lowest BCUT2D eigenvalue weighted by molar-refractivity contribution is -0.126. The van der Waals surface area contributed by atoms with E-state index in [2.05, 4.69) is 72.6 Å². The zero-order chi connectivity index (χ0) is 32.0. The minimum absolute atomic E-state index is 0.0300. The molecule has 1 saturated carbocycles. The molecule has 0 bridgehead atoms. The third-order valence-electron chi connectivity index (χ3n) is 7.91. The van der Waals surface area contributed by atoms with E-state index >= 15 is 0 Å². The Morgan fingerprint density at radius 3 is 1.98 bits per heavy atom. The maximum absolute atomic E-state index is 12.9.